The van der Waals surface area contributed by atoms with Crippen molar-refractivity contribution in [2.24, 2.45) is 0 Å². The van der Waals surface area contributed by atoms with Gasteiger partial charge in [0.15, 0.2) is 0 Å². The van der Waals surface area contributed by atoms with Crippen LogP contribution >= 0.6 is 23.2 Å². The molecule has 0 aliphatic rings. The van der Waals surface area contributed by atoms with E-state index in [4.69, 9.17) is 23.2 Å². The average molecular weight is 272 g/mol. The Bertz CT molecular complexity index is 507. The van der Waals surface area contributed by atoms with Crippen LogP contribution in [-0.4, -0.2) is 20.1 Å². The zero-order valence-corrected chi connectivity index (χ0v) is 10.7. The predicted octanol–water partition coefficient (Wildman–Crippen LogP) is 2.69. The molecule has 0 aliphatic carbocycles. The van der Waals surface area contributed by atoms with Crippen molar-refractivity contribution in [2.75, 3.05) is 0 Å². The molecule has 1 heterocycles. The second kappa shape index (κ2) is 5.04. The summed E-state index contributed by atoms with van der Waals surface area (Å²) in [4.78, 5) is 0. The lowest BCUT2D eigenvalue weighted by Crippen LogP contribution is -2.10. The number of benzene rings is 1. The van der Waals surface area contributed by atoms with Crippen molar-refractivity contribution in [3.05, 3.63) is 45.7 Å². The summed E-state index contributed by atoms with van der Waals surface area (Å²) in [6.45, 7) is 2.54. The third-order valence-electron chi connectivity index (χ3n) is 2.50. The first-order valence-electron chi connectivity index (χ1n) is 5.15. The van der Waals surface area contributed by atoms with E-state index in [2.05, 4.69) is 10.3 Å². The summed E-state index contributed by atoms with van der Waals surface area (Å²) < 4.78 is 1.60. The lowest BCUT2D eigenvalue weighted by molar-refractivity contribution is 0.208. The van der Waals surface area contributed by atoms with E-state index >= 15 is 0 Å². The minimum absolute atomic E-state index is 0.425. The summed E-state index contributed by atoms with van der Waals surface area (Å²) in [6, 6.07) is 5.11. The highest BCUT2D eigenvalue weighted by molar-refractivity contribution is 6.36. The van der Waals surface area contributed by atoms with Gasteiger partial charge in [-0.25, -0.2) is 4.68 Å². The van der Waals surface area contributed by atoms with E-state index < -0.39 is 6.10 Å². The Kier molecular flexibility index (Phi) is 3.66. The fourth-order valence-corrected chi connectivity index (χ4v) is 2.25. The highest BCUT2D eigenvalue weighted by atomic mass is 35.5. The molecular weight excluding hydrogens is 261 g/mol. The van der Waals surface area contributed by atoms with Gasteiger partial charge in [-0.3, -0.25) is 0 Å². The van der Waals surface area contributed by atoms with Gasteiger partial charge in [-0.05, 0) is 19.1 Å². The van der Waals surface area contributed by atoms with Crippen molar-refractivity contribution in [1.82, 2.24) is 15.0 Å². The summed E-state index contributed by atoms with van der Waals surface area (Å²) in [7, 11) is 0. The molecule has 1 N–H and O–H groups in total. The number of hydrogen-bond acceptors (Lipinski definition) is 3. The Balaban J connectivity index is 2.47. The van der Waals surface area contributed by atoms with Crippen LogP contribution in [-0.2, 0) is 6.54 Å². The number of nitrogens with zero attached hydrogens (tertiary/aromatic N) is 3. The van der Waals surface area contributed by atoms with Crippen LogP contribution in [0.5, 0.6) is 0 Å². The lowest BCUT2D eigenvalue weighted by Gasteiger charge is -2.14. The SMILES string of the molecule is CCn1nncc1C(O)c1c(Cl)cccc1Cl. The molecule has 17 heavy (non-hydrogen) atoms. The number of aryl methyl sites for hydroxylation is 1. The maximum Gasteiger partial charge on any atom is 0.125 e. The van der Waals surface area contributed by atoms with E-state index in [1.54, 1.807) is 22.9 Å². The zero-order valence-electron chi connectivity index (χ0n) is 9.14. The van der Waals surface area contributed by atoms with E-state index in [1.165, 1.54) is 6.20 Å². The Morgan fingerprint density at radius 3 is 2.59 bits per heavy atom. The van der Waals surface area contributed by atoms with E-state index in [-0.39, 0.29) is 0 Å². The molecule has 0 saturated carbocycles. The van der Waals surface area contributed by atoms with Crippen molar-refractivity contribution in [3.63, 3.8) is 0 Å². The molecule has 0 aliphatic heterocycles. The second-order valence-corrected chi connectivity index (χ2v) is 4.33. The normalized spacial score (nSPS) is 12.7. The van der Waals surface area contributed by atoms with E-state index in [0.29, 0.717) is 27.8 Å². The number of aliphatic hydroxyl groups is 1. The topological polar surface area (TPSA) is 50.9 Å². The van der Waals surface area contributed by atoms with E-state index in [1.807, 2.05) is 6.92 Å². The molecule has 2 aromatic rings. The van der Waals surface area contributed by atoms with Crippen LogP contribution in [0.2, 0.25) is 10.0 Å². The van der Waals surface area contributed by atoms with Crippen LogP contribution in [0.4, 0.5) is 0 Å². The van der Waals surface area contributed by atoms with Crippen molar-refractivity contribution in [3.8, 4) is 0 Å². The molecule has 0 radical (unpaired) electrons. The summed E-state index contributed by atoms with van der Waals surface area (Å²) in [5, 5.41) is 18.8. The molecule has 0 bridgehead atoms. The summed E-state index contributed by atoms with van der Waals surface area (Å²) in [5.74, 6) is 0. The fraction of sp³-hybridized carbons (Fsp3) is 0.273. The van der Waals surface area contributed by atoms with Gasteiger partial charge in [-0.15, -0.1) is 5.10 Å². The third-order valence-corrected chi connectivity index (χ3v) is 3.16. The van der Waals surface area contributed by atoms with Gasteiger partial charge in [0.05, 0.1) is 11.9 Å². The summed E-state index contributed by atoms with van der Waals surface area (Å²) >= 11 is 12.1. The molecule has 0 fully saturated rings. The van der Waals surface area contributed by atoms with Gasteiger partial charge in [-0.2, -0.15) is 0 Å². The van der Waals surface area contributed by atoms with E-state index in [0.717, 1.165) is 0 Å². The molecule has 90 valence electrons. The molecule has 4 nitrogen and oxygen atoms in total. The second-order valence-electron chi connectivity index (χ2n) is 3.51. The van der Waals surface area contributed by atoms with Crippen molar-refractivity contribution < 1.29 is 5.11 Å². The first-order valence-corrected chi connectivity index (χ1v) is 5.91. The van der Waals surface area contributed by atoms with Crippen molar-refractivity contribution in [2.45, 2.75) is 19.6 Å². The molecule has 6 heteroatoms. The highest BCUT2D eigenvalue weighted by Crippen LogP contribution is 2.33. The van der Waals surface area contributed by atoms with Crippen LogP contribution < -0.4 is 0 Å². The minimum Gasteiger partial charge on any atom is -0.382 e. The maximum absolute atomic E-state index is 10.3. The Labute approximate surface area is 109 Å². The molecule has 0 amide bonds. The van der Waals surface area contributed by atoms with Gasteiger partial charge in [0.25, 0.3) is 0 Å². The van der Waals surface area contributed by atoms with Crippen LogP contribution in [0.15, 0.2) is 24.4 Å². The smallest absolute Gasteiger partial charge is 0.125 e. The van der Waals surface area contributed by atoms with Gasteiger partial charge in [0.1, 0.15) is 6.10 Å². The van der Waals surface area contributed by atoms with Crippen LogP contribution in [0.3, 0.4) is 0 Å². The molecule has 1 atom stereocenters. The first-order chi connectivity index (χ1) is 8.15. The molecule has 1 aromatic heterocycles. The van der Waals surface area contributed by atoms with Gasteiger partial charge in [0, 0.05) is 22.2 Å². The molecule has 1 unspecified atom stereocenters. The standard InChI is InChI=1S/C11H11Cl2N3O/c1-2-16-9(6-14-15-16)11(17)10-7(12)4-3-5-8(10)13/h3-6,11,17H,2H2,1H3. The monoisotopic (exact) mass is 271 g/mol. The fourth-order valence-electron chi connectivity index (χ4n) is 1.64. The molecule has 0 saturated heterocycles. The Hall–Kier alpha value is -1.10. The highest BCUT2D eigenvalue weighted by Gasteiger charge is 2.20. The zero-order chi connectivity index (χ0) is 12.4. The predicted molar refractivity (Wildman–Crippen MR) is 66.2 cm³/mol. The van der Waals surface area contributed by atoms with E-state index in [9.17, 15) is 5.11 Å². The molecular formula is C11H11Cl2N3O. The average Bonchev–Trinajstić information content (AvgIpc) is 2.76. The summed E-state index contributed by atoms with van der Waals surface area (Å²) in [5.41, 5.74) is 1.05. The number of hydrogen-bond donors (Lipinski definition) is 1. The molecule has 1 aromatic carbocycles. The van der Waals surface area contributed by atoms with Crippen LogP contribution in [0.1, 0.15) is 24.3 Å². The third kappa shape index (κ3) is 2.29. The Morgan fingerprint density at radius 2 is 2.00 bits per heavy atom. The quantitative estimate of drug-likeness (QED) is 0.934. The Morgan fingerprint density at radius 1 is 1.35 bits per heavy atom. The van der Waals surface area contributed by atoms with Crippen LogP contribution in [0, 0.1) is 0 Å². The maximum atomic E-state index is 10.3. The van der Waals surface area contributed by atoms with Crippen molar-refractivity contribution in [1.29, 1.82) is 0 Å². The van der Waals surface area contributed by atoms with Gasteiger partial charge < -0.3 is 5.11 Å². The van der Waals surface area contributed by atoms with Gasteiger partial charge in [-0.1, -0.05) is 34.5 Å². The first kappa shape index (κ1) is 12.4. The van der Waals surface area contributed by atoms with Gasteiger partial charge in [0.2, 0.25) is 0 Å². The lowest BCUT2D eigenvalue weighted by atomic mass is 10.1. The number of aliphatic hydroxyl groups excluding tert-OH is 1. The number of rotatable bonds is 3. The van der Waals surface area contributed by atoms with Crippen LogP contribution in [0.25, 0.3) is 0 Å². The van der Waals surface area contributed by atoms with Gasteiger partial charge >= 0.3 is 0 Å². The number of halogens is 2. The minimum atomic E-state index is -0.925. The molecule has 2 rings (SSSR count). The largest absolute Gasteiger partial charge is 0.382 e. The van der Waals surface area contributed by atoms with Crippen molar-refractivity contribution >= 4 is 23.2 Å². The summed E-state index contributed by atoms with van der Waals surface area (Å²) in [6.07, 6.45) is 0.583. The molecule has 0 spiro atoms. The number of aromatic nitrogens is 3.